The first-order valence-electron chi connectivity index (χ1n) is 6.36. The van der Waals surface area contributed by atoms with E-state index in [1.54, 1.807) is 6.92 Å². The zero-order valence-corrected chi connectivity index (χ0v) is 10.9. The van der Waals surface area contributed by atoms with Gasteiger partial charge in [0.05, 0.1) is 0 Å². The monoisotopic (exact) mass is 242 g/mol. The molecule has 2 saturated heterocycles. The third kappa shape index (κ3) is 3.39. The van der Waals surface area contributed by atoms with Crippen LogP contribution < -0.4 is 5.32 Å². The molecule has 2 fully saturated rings. The lowest BCUT2D eigenvalue weighted by Gasteiger charge is -2.32. The number of carbonyl (C=O) groups excluding carboxylic acids is 1. The van der Waals surface area contributed by atoms with Crippen LogP contribution in [-0.4, -0.2) is 47.5 Å². The molecule has 0 aromatic carbocycles. The number of nitrogens with zero attached hydrogens (tertiary/aromatic N) is 1. The number of thioether (sulfide) groups is 1. The fourth-order valence-corrected chi connectivity index (χ4v) is 3.72. The molecule has 0 aliphatic carbocycles. The molecule has 92 valence electrons. The van der Waals surface area contributed by atoms with Crippen LogP contribution >= 0.6 is 11.8 Å². The Labute approximate surface area is 102 Å². The van der Waals surface area contributed by atoms with Crippen molar-refractivity contribution >= 4 is 17.7 Å². The van der Waals surface area contributed by atoms with Gasteiger partial charge in [-0.05, 0) is 31.4 Å². The topological polar surface area (TPSA) is 32.3 Å². The lowest BCUT2D eigenvalue weighted by Crippen LogP contribution is -2.45. The van der Waals surface area contributed by atoms with E-state index in [9.17, 15) is 4.79 Å². The Kier molecular flexibility index (Phi) is 4.53. The number of piperidine rings is 1. The summed E-state index contributed by atoms with van der Waals surface area (Å²) in [6, 6.07) is 0.636. The predicted molar refractivity (Wildman–Crippen MR) is 68.8 cm³/mol. The maximum absolute atomic E-state index is 11.2. The first-order valence-corrected chi connectivity index (χ1v) is 7.41. The van der Waals surface area contributed by atoms with Crippen LogP contribution in [0.4, 0.5) is 0 Å². The minimum Gasteiger partial charge on any atom is -0.343 e. The summed E-state index contributed by atoms with van der Waals surface area (Å²) >= 11 is 2.11. The largest absolute Gasteiger partial charge is 0.343 e. The standard InChI is InChI=1S/C12H22N2OS/c1-10(15)14-6-4-11(5-7-14)13-9-12-3-2-8-16-12/h11-13H,2-9H2,1H3. The number of hydrogen-bond donors (Lipinski definition) is 1. The molecule has 2 aliphatic rings. The Morgan fingerprint density at radius 2 is 2.12 bits per heavy atom. The van der Waals surface area contributed by atoms with Crippen LogP contribution in [0.25, 0.3) is 0 Å². The highest BCUT2D eigenvalue weighted by atomic mass is 32.2. The molecule has 2 heterocycles. The van der Waals surface area contributed by atoms with Crippen molar-refractivity contribution in [2.45, 2.75) is 43.9 Å². The third-order valence-electron chi connectivity index (χ3n) is 3.60. The summed E-state index contributed by atoms with van der Waals surface area (Å²) in [5.41, 5.74) is 0. The molecule has 1 N–H and O–H groups in total. The van der Waals surface area contributed by atoms with Crippen LogP contribution in [-0.2, 0) is 4.79 Å². The summed E-state index contributed by atoms with van der Waals surface area (Å²) in [6.07, 6.45) is 5.01. The average molecular weight is 242 g/mol. The van der Waals surface area contributed by atoms with Gasteiger partial charge >= 0.3 is 0 Å². The van der Waals surface area contributed by atoms with E-state index in [0.717, 1.165) is 37.7 Å². The van der Waals surface area contributed by atoms with Crippen LogP contribution in [0.15, 0.2) is 0 Å². The second-order valence-corrected chi connectivity index (χ2v) is 6.23. The van der Waals surface area contributed by atoms with Gasteiger partial charge in [0.25, 0.3) is 0 Å². The Balaban J connectivity index is 1.63. The van der Waals surface area contributed by atoms with Gasteiger partial charge in [-0.3, -0.25) is 4.79 Å². The molecule has 2 rings (SSSR count). The molecule has 1 amide bonds. The van der Waals surface area contributed by atoms with Gasteiger partial charge in [0.2, 0.25) is 5.91 Å². The third-order valence-corrected chi connectivity index (χ3v) is 5.00. The van der Waals surface area contributed by atoms with E-state index >= 15 is 0 Å². The number of rotatable bonds is 3. The normalized spacial score (nSPS) is 27.3. The summed E-state index contributed by atoms with van der Waals surface area (Å²) in [5.74, 6) is 1.57. The van der Waals surface area contributed by atoms with Crippen molar-refractivity contribution in [3.8, 4) is 0 Å². The van der Waals surface area contributed by atoms with Crippen LogP contribution in [0.1, 0.15) is 32.6 Å². The van der Waals surface area contributed by atoms with E-state index in [0.29, 0.717) is 6.04 Å². The van der Waals surface area contributed by atoms with Gasteiger partial charge in [-0.15, -0.1) is 0 Å². The zero-order valence-electron chi connectivity index (χ0n) is 10.1. The number of likely N-dealkylation sites (tertiary alicyclic amines) is 1. The number of hydrogen-bond acceptors (Lipinski definition) is 3. The van der Waals surface area contributed by atoms with Crippen molar-refractivity contribution in [1.29, 1.82) is 0 Å². The summed E-state index contributed by atoms with van der Waals surface area (Å²) in [7, 11) is 0. The lowest BCUT2D eigenvalue weighted by atomic mass is 10.0. The van der Waals surface area contributed by atoms with Crippen molar-refractivity contribution in [2.75, 3.05) is 25.4 Å². The maximum Gasteiger partial charge on any atom is 0.219 e. The van der Waals surface area contributed by atoms with E-state index in [4.69, 9.17) is 0 Å². The van der Waals surface area contributed by atoms with Crippen molar-refractivity contribution in [3.63, 3.8) is 0 Å². The first kappa shape index (κ1) is 12.2. The molecule has 4 heteroatoms. The van der Waals surface area contributed by atoms with Gasteiger partial charge < -0.3 is 10.2 Å². The number of carbonyl (C=O) groups is 1. The Bertz CT molecular complexity index is 233. The van der Waals surface area contributed by atoms with E-state index in [1.807, 2.05) is 4.90 Å². The quantitative estimate of drug-likeness (QED) is 0.813. The van der Waals surface area contributed by atoms with Gasteiger partial charge in [0.15, 0.2) is 0 Å². The van der Waals surface area contributed by atoms with Crippen LogP contribution in [0.2, 0.25) is 0 Å². The molecule has 3 nitrogen and oxygen atoms in total. The second-order valence-electron chi connectivity index (χ2n) is 4.82. The van der Waals surface area contributed by atoms with Gasteiger partial charge in [-0.1, -0.05) is 0 Å². The van der Waals surface area contributed by atoms with Crippen molar-refractivity contribution in [2.24, 2.45) is 0 Å². The SMILES string of the molecule is CC(=O)N1CCC(NCC2CCCS2)CC1. The molecule has 0 radical (unpaired) electrons. The van der Waals surface area contributed by atoms with Gasteiger partial charge in [-0.2, -0.15) is 11.8 Å². The molecule has 0 aromatic rings. The van der Waals surface area contributed by atoms with Crippen LogP contribution in [0.5, 0.6) is 0 Å². The highest BCUT2D eigenvalue weighted by Crippen LogP contribution is 2.25. The molecule has 0 spiro atoms. The van der Waals surface area contributed by atoms with Gasteiger partial charge in [0, 0.05) is 37.8 Å². The Morgan fingerprint density at radius 3 is 2.69 bits per heavy atom. The van der Waals surface area contributed by atoms with Gasteiger partial charge in [-0.25, -0.2) is 0 Å². The minimum atomic E-state index is 0.227. The van der Waals surface area contributed by atoms with E-state index in [2.05, 4.69) is 17.1 Å². The zero-order chi connectivity index (χ0) is 11.4. The fourth-order valence-electron chi connectivity index (χ4n) is 2.50. The molecule has 0 bridgehead atoms. The van der Waals surface area contributed by atoms with E-state index in [-0.39, 0.29) is 5.91 Å². The predicted octanol–water partition coefficient (Wildman–Crippen LogP) is 1.48. The first-order chi connectivity index (χ1) is 7.75. The Morgan fingerprint density at radius 1 is 1.38 bits per heavy atom. The molecule has 2 aliphatic heterocycles. The van der Waals surface area contributed by atoms with Crippen LogP contribution in [0, 0.1) is 0 Å². The van der Waals surface area contributed by atoms with Crippen LogP contribution in [0.3, 0.4) is 0 Å². The molecule has 16 heavy (non-hydrogen) atoms. The highest BCUT2D eigenvalue weighted by molar-refractivity contribution is 8.00. The molecule has 1 unspecified atom stereocenters. The summed E-state index contributed by atoms with van der Waals surface area (Å²) in [6.45, 7) is 4.70. The lowest BCUT2D eigenvalue weighted by molar-refractivity contribution is -0.129. The van der Waals surface area contributed by atoms with Gasteiger partial charge in [0.1, 0.15) is 0 Å². The number of amides is 1. The molecule has 0 aromatic heterocycles. The minimum absolute atomic E-state index is 0.227. The summed E-state index contributed by atoms with van der Waals surface area (Å²) in [5, 5.41) is 4.50. The van der Waals surface area contributed by atoms with E-state index < -0.39 is 0 Å². The fraction of sp³-hybridized carbons (Fsp3) is 0.917. The molecular weight excluding hydrogens is 220 g/mol. The van der Waals surface area contributed by atoms with E-state index in [1.165, 1.54) is 18.6 Å². The Hall–Kier alpha value is -0.220. The summed E-state index contributed by atoms with van der Waals surface area (Å²) in [4.78, 5) is 13.1. The highest BCUT2D eigenvalue weighted by Gasteiger charge is 2.22. The number of nitrogens with one attached hydrogen (secondary N) is 1. The van der Waals surface area contributed by atoms with Crippen molar-refractivity contribution in [3.05, 3.63) is 0 Å². The van der Waals surface area contributed by atoms with Crippen molar-refractivity contribution < 1.29 is 4.79 Å². The average Bonchev–Trinajstić information content (AvgIpc) is 2.80. The summed E-state index contributed by atoms with van der Waals surface area (Å²) < 4.78 is 0. The second kappa shape index (κ2) is 5.92. The molecule has 0 saturated carbocycles. The smallest absolute Gasteiger partial charge is 0.219 e. The molecule has 1 atom stereocenters. The maximum atomic E-state index is 11.2. The molecular formula is C12H22N2OS. The van der Waals surface area contributed by atoms with Crippen molar-refractivity contribution in [1.82, 2.24) is 10.2 Å².